The highest BCUT2D eigenvalue weighted by molar-refractivity contribution is 8.01. The molecule has 3 rings (SSSR count). The van der Waals surface area contributed by atoms with Crippen LogP contribution in [0.15, 0.2) is 16.6 Å². The maximum Gasteiger partial charge on any atom is 0.152 e. The van der Waals surface area contributed by atoms with Crippen LogP contribution in [0, 0.1) is 0 Å². The minimum absolute atomic E-state index is 0.641. The van der Waals surface area contributed by atoms with E-state index in [2.05, 4.69) is 14.9 Å². The Morgan fingerprint density at radius 1 is 1.42 bits per heavy atom. The van der Waals surface area contributed by atoms with Crippen LogP contribution in [0.5, 0.6) is 0 Å². The Morgan fingerprint density at radius 2 is 2.26 bits per heavy atom. The van der Waals surface area contributed by atoms with Gasteiger partial charge in [0.2, 0.25) is 0 Å². The van der Waals surface area contributed by atoms with Gasteiger partial charge in [-0.2, -0.15) is 0 Å². The standard InChI is InChI=1S/C12H14ClN3OS2/c13-9-7-10-11(14-8-9)19-12(15-10)18-6-3-16-1-4-17-5-2-16/h7-8H,1-6H2. The third-order valence-electron chi connectivity index (χ3n) is 2.93. The van der Waals surface area contributed by atoms with Gasteiger partial charge in [-0.05, 0) is 6.07 Å². The number of halogens is 1. The molecule has 0 saturated carbocycles. The minimum atomic E-state index is 0.641. The molecule has 1 saturated heterocycles. The molecule has 0 bridgehead atoms. The number of rotatable bonds is 4. The van der Waals surface area contributed by atoms with Crippen LogP contribution in [0.4, 0.5) is 0 Å². The second-order valence-corrected chi connectivity index (χ2v) is 7.02. The fraction of sp³-hybridized carbons (Fsp3) is 0.500. The largest absolute Gasteiger partial charge is 0.379 e. The Balaban J connectivity index is 1.56. The van der Waals surface area contributed by atoms with E-state index in [0.29, 0.717) is 5.02 Å². The lowest BCUT2D eigenvalue weighted by molar-refractivity contribution is 0.0410. The second kappa shape index (κ2) is 6.37. The predicted octanol–water partition coefficient (Wildman–Crippen LogP) is 2.77. The van der Waals surface area contributed by atoms with Crippen LogP contribution in [0.2, 0.25) is 5.02 Å². The third kappa shape index (κ3) is 3.58. The van der Waals surface area contributed by atoms with Gasteiger partial charge in [0.05, 0.1) is 18.2 Å². The molecule has 1 aliphatic rings. The SMILES string of the molecule is Clc1cnc2sc(SCCN3CCOCC3)nc2c1. The molecule has 0 unspecified atom stereocenters. The van der Waals surface area contributed by atoms with Crippen molar-refractivity contribution in [3.63, 3.8) is 0 Å². The zero-order valence-electron chi connectivity index (χ0n) is 10.3. The van der Waals surface area contributed by atoms with Gasteiger partial charge in [-0.25, -0.2) is 9.97 Å². The number of ether oxygens (including phenoxy) is 1. The van der Waals surface area contributed by atoms with E-state index >= 15 is 0 Å². The fourth-order valence-electron chi connectivity index (χ4n) is 1.93. The van der Waals surface area contributed by atoms with Gasteiger partial charge in [0.25, 0.3) is 0 Å². The van der Waals surface area contributed by atoms with E-state index in [-0.39, 0.29) is 0 Å². The van der Waals surface area contributed by atoms with E-state index < -0.39 is 0 Å². The first-order chi connectivity index (χ1) is 9.31. The first kappa shape index (κ1) is 13.6. The quantitative estimate of drug-likeness (QED) is 0.811. The Bertz CT molecular complexity index is 557. The number of hydrogen-bond donors (Lipinski definition) is 0. The molecular weight excluding hydrogens is 302 g/mol. The highest BCUT2D eigenvalue weighted by Crippen LogP contribution is 2.29. The van der Waals surface area contributed by atoms with Gasteiger partial charge >= 0.3 is 0 Å². The smallest absolute Gasteiger partial charge is 0.152 e. The van der Waals surface area contributed by atoms with Crippen molar-refractivity contribution in [1.29, 1.82) is 0 Å². The number of hydrogen-bond acceptors (Lipinski definition) is 6. The lowest BCUT2D eigenvalue weighted by Gasteiger charge is -2.26. The number of pyridine rings is 1. The number of morpholine rings is 1. The highest BCUT2D eigenvalue weighted by Gasteiger charge is 2.11. The summed E-state index contributed by atoms with van der Waals surface area (Å²) in [4.78, 5) is 12.2. The molecule has 0 radical (unpaired) electrons. The van der Waals surface area contributed by atoms with Crippen LogP contribution < -0.4 is 0 Å². The molecule has 2 aromatic rings. The summed E-state index contributed by atoms with van der Waals surface area (Å²) < 4.78 is 6.40. The maximum absolute atomic E-state index is 5.91. The molecule has 1 fully saturated rings. The first-order valence-electron chi connectivity index (χ1n) is 6.16. The lowest BCUT2D eigenvalue weighted by Crippen LogP contribution is -2.37. The molecule has 4 nitrogen and oxygen atoms in total. The van der Waals surface area contributed by atoms with Gasteiger partial charge < -0.3 is 4.74 Å². The number of nitrogens with zero attached hydrogens (tertiary/aromatic N) is 3. The van der Waals surface area contributed by atoms with Crippen molar-refractivity contribution in [2.24, 2.45) is 0 Å². The van der Waals surface area contributed by atoms with Crippen LogP contribution in [-0.4, -0.2) is 53.5 Å². The first-order valence-corrected chi connectivity index (χ1v) is 8.34. The molecule has 2 aromatic heterocycles. The van der Waals surface area contributed by atoms with Crippen molar-refractivity contribution < 1.29 is 4.74 Å². The third-order valence-corrected chi connectivity index (χ3v) is 5.24. The van der Waals surface area contributed by atoms with Gasteiger partial charge in [0.15, 0.2) is 4.34 Å². The van der Waals surface area contributed by atoms with Crippen molar-refractivity contribution >= 4 is 45.0 Å². The van der Waals surface area contributed by atoms with Gasteiger partial charge in [-0.1, -0.05) is 34.7 Å². The topological polar surface area (TPSA) is 38.2 Å². The molecular formula is C12H14ClN3OS2. The lowest BCUT2D eigenvalue weighted by atomic mass is 10.4. The molecule has 0 amide bonds. The van der Waals surface area contributed by atoms with Gasteiger partial charge in [-0.3, -0.25) is 4.90 Å². The van der Waals surface area contributed by atoms with Crippen LogP contribution in [0.25, 0.3) is 10.3 Å². The summed E-state index contributed by atoms with van der Waals surface area (Å²) in [7, 11) is 0. The molecule has 1 aliphatic heterocycles. The molecule has 0 aliphatic carbocycles. The van der Waals surface area contributed by atoms with E-state index in [1.807, 2.05) is 6.07 Å². The summed E-state index contributed by atoms with van der Waals surface area (Å²) >= 11 is 9.33. The van der Waals surface area contributed by atoms with Crippen LogP contribution in [0.1, 0.15) is 0 Å². The van der Waals surface area contributed by atoms with Crippen molar-refractivity contribution in [3.8, 4) is 0 Å². The van der Waals surface area contributed by atoms with Crippen LogP contribution >= 0.6 is 34.7 Å². The van der Waals surface area contributed by atoms with E-state index in [9.17, 15) is 0 Å². The van der Waals surface area contributed by atoms with E-state index in [0.717, 1.165) is 53.3 Å². The maximum atomic E-state index is 5.91. The van der Waals surface area contributed by atoms with E-state index in [1.54, 1.807) is 29.3 Å². The Hall–Kier alpha value is -0.400. The summed E-state index contributed by atoms with van der Waals surface area (Å²) in [6.45, 7) is 4.87. The molecule has 19 heavy (non-hydrogen) atoms. The number of thiazole rings is 1. The average Bonchev–Trinajstić information content (AvgIpc) is 2.82. The van der Waals surface area contributed by atoms with Crippen LogP contribution in [0.3, 0.4) is 0 Å². The molecule has 7 heteroatoms. The van der Waals surface area contributed by atoms with Crippen molar-refractivity contribution in [3.05, 3.63) is 17.3 Å². The van der Waals surface area contributed by atoms with Gasteiger partial charge in [0, 0.05) is 31.6 Å². The Kier molecular flexibility index (Phi) is 4.55. The summed E-state index contributed by atoms with van der Waals surface area (Å²) in [6, 6.07) is 1.87. The zero-order chi connectivity index (χ0) is 13.1. The molecule has 0 N–H and O–H groups in total. The molecule has 0 aromatic carbocycles. The molecule has 102 valence electrons. The summed E-state index contributed by atoms with van der Waals surface area (Å²) in [5.74, 6) is 1.05. The highest BCUT2D eigenvalue weighted by atomic mass is 35.5. The van der Waals surface area contributed by atoms with Crippen molar-refractivity contribution in [2.45, 2.75) is 4.34 Å². The zero-order valence-corrected chi connectivity index (χ0v) is 12.7. The molecule has 0 atom stereocenters. The predicted molar refractivity (Wildman–Crippen MR) is 80.4 cm³/mol. The average molecular weight is 316 g/mol. The molecule has 3 heterocycles. The Morgan fingerprint density at radius 3 is 3.11 bits per heavy atom. The van der Waals surface area contributed by atoms with E-state index in [1.165, 1.54) is 0 Å². The van der Waals surface area contributed by atoms with E-state index in [4.69, 9.17) is 16.3 Å². The minimum Gasteiger partial charge on any atom is -0.379 e. The normalized spacial score (nSPS) is 17.1. The Labute approximate surface area is 125 Å². The number of aromatic nitrogens is 2. The summed E-state index contributed by atoms with van der Waals surface area (Å²) in [5.41, 5.74) is 0.895. The summed E-state index contributed by atoms with van der Waals surface area (Å²) in [5, 5.41) is 0.641. The monoisotopic (exact) mass is 315 g/mol. The van der Waals surface area contributed by atoms with Gasteiger partial charge in [-0.15, -0.1) is 0 Å². The molecule has 0 spiro atoms. The summed E-state index contributed by atoms with van der Waals surface area (Å²) in [6.07, 6.45) is 1.67. The number of thioether (sulfide) groups is 1. The van der Waals surface area contributed by atoms with Crippen LogP contribution in [-0.2, 0) is 4.74 Å². The van der Waals surface area contributed by atoms with Crippen molar-refractivity contribution in [2.75, 3.05) is 38.6 Å². The fourth-order valence-corrected chi connectivity index (χ4v) is 4.11. The van der Waals surface area contributed by atoms with Gasteiger partial charge in [0.1, 0.15) is 10.3 Å². The van der Waals surface area contributed by atoms with Crippen molar-refractivity contribution in [1.82, 2.24) is 14.9 Å². The second-order valence-electron chi connectivity index (χ2n) is 4.26. The number of fused-ring (bicyclic) bond motifs is 1.